The SMILES string of the molecule is CC(=O)c1cccc(CN(CC(=O)NO)Cc2ccc(F)cc2)c1. The molecule has 6 heteroatoms. The van der Waals surface area contributed by atoms with Crippen LogP contribution in [0, 0.1) is 5.82 Å². The number of carbonyl (C=O) groups is 2. The highest BCUT2D eigenvalue weighted by Gasteiger charge is 2.13. The number of hydroxylamine groups is 1. The number of amides is 1. The summed E-state index contributed by atoms with van der Waals surface area (Å²) in [4.78, 5) is 24.8. The van der Waals surface area contributed by atoms with Crippen molar-refractivity contribution in [2.45, 2.75) is 20.0 Å². The van der Waals surface area contributed by atoms with Crippen molar-refractivity contribution in [2.75, 3.05) is 6.54 Å². The summed E-state index contributed by atoms with van der Waals surface area (Å²) in [5, 5.41) is 8.75. The van der Waals surface area contributed by atoms with Gasteiger partial charge in [0.05, 0.1) is 6.54 Å². The molecule has 0 aromatic heterocycles. The summed E-state index contributed by atoms with van der Waals surface area (Å²) in [5.74, 6) is -0.901. The fourth-order valence-corrected chi connectivity index (χ4v) is 2.40. The monoisotopic (exact) mass is 330 g/mol. The van der Waals surface area contributed by atoms with Gasteiger partial charge in [-0.15, -0.1) is 0 Å². The molecule has 0 aliphatic heterocycles. The maximum Gasteiger partial charge on any atom is 0.257 e. The van der Waals surface area contributed by atoms with Crippen molar-refractivity contribution in [3.8, 4) is 0 Å². The second-order valence-corrected chi connectivity index (χ2v) is 5.56. The molecule has 2 aromatic rings. The van der Waals surface area contributed by atoms with Crippen molar-refractivity contribution < 1.29 is 19.2 Å². The summed E-state index contributed by atoms with van der Waals surface area (Å²) < 4.78 is 13.0. The van der Waals surface area contributed by atoms with Gasteiger partial charge in [-0.05, 0) is 36.2 Å². The van der Waals surface area contributed by atoms with Gasteiger partial charge in [0.25, 0.3) is 5.91 Å². The Labute approximate surface area is 139 Å². The van der Waals surface area contributed by atoms with Gasteiger partial charge >= 0.3 is 0 Å². The number of nitrogens with one attached hydrogen (secondary N) is 1. The minimum absolute atomic E-state index is 0.0296. The number of benzene rings is 2. The van der Waals surface area contributed by atoms with E-state index in [1.807, 2.05) is 6.07 Å². The molecule has 0 aliphatic carbocycles. The van der Waals surface area contributed by atoms with Gasteiger partial charge in [-0.25, -0.2) is 9.87 Å². The van der Waals surface area contributed by atoms with E-state index < -0.39 is 5.91 Å². The Morgan fingerprint density at radius 1 is 1.08 bits per heavy atom. The molecule has 0 heterocycles. The first-order chi connectivity index (χ1) is 11.5. The minimum Gasteiger partial charge on any atom is -0.295 e. The van der Waals surface area contributed by atoms with Crippen molar-refractivity contribution >= 4 is 11.7 Å². The van der Waals surface area contributed by atoms with Crippen LogP contribution in [-0.2, 0) is 17.9 Å². The first-order valence-corrected chi connectivity index (χ1v) is 7.47. The largest absolute Gasteiger partial charge is 0.295 e. The maximum absolute atomic E-state index is 13.0. The van der Waals surface area contributed by atoms with Crippen LogP contribution in [0.2, 0.25) is 0 Å². The molecule has 0 atom stereocenters. The first kappa shape index (κ1) is 17.8. The third kappa shape index (κ3) is 5.26. The molecule has 0 saturated heterocycles. The molecule has 0 radical (unpaired) electrons. The molecule has 0 spiro atoms. The molecular weight excluding hydrogens is 311 g/mol. The Morgan fingerprint density at radius 3 is 2.38 bits per heavy atom. The molecule has 1 amide bonds. The van der Waals surface area contributed by atoms with Crippen LogP contribution in [0.4, 0.5) is 4.39 Å². The molecule has 0 saturated carbocycles. The molecule has 0 aliphatic rings. The van der Waals surface area contributed by atoms with E-state index in [0.29, 0.717) is 18.7 Å². The Morgan fingerprint density at radius 2 is 1.75 bits per heavy atom. The van der Waals surface area contributed by atoms with E-state index in [4.69, 9.17) is 5.21 Å². The van der Waals surface area contributed by atoms with Crippen molar-refractivity contribution in [3.63, 3.8) is 0 Å². The number of carbonyl (C=O) groups excluding carboxylic acids is 2. The molecule has 0 fully saturated rings. The van der Waals surface area contributed by atoms with Gasteiger partial charge in [0.15, 0.2) is 5.78 Å². The van der Waals surface area contributed by atoms with Crippen LogP contribution in [0.3, 0.4) is 0 Å². The predicted octanol–water partition coefficient (Wildman–Crippen LogP) is 2.54. The zero-order valence-electron chi connectivity index (χ0n) is 13.3. The summed E-state index contributed by atoms with van der Waals surface area (Å²) in [7, 11) is 0. The lowest BCUT2D eigenvalue weighted by molar-refractivity contribution is -0.130. The lowest BCUT2D eigenvalue weighted by Gasteiger charge is -2.21. The van der Waals surface area contributed by atoms with E-state index in [0.717, 1.165) is 11.1 Å². The molecule has 2 aromatic carbocycles. The molecule has 0 bridgehead atoms. The van der Waals surface area contributed by atoms with E-state index in [1.165, 1.54) is 19.1 Å². The fourth-order valence-electron chi connectivity index (χ4n) is 2.40. The van der Waals surface area contributed by atoms with E-state index in [-0.39, 0.29) is 18.1 Å². The maximum atomic E-state index is 13.0. The van der Waals surface area contributed by atoms with E-state index in [2.05, 4.69) is 0 Å². The number of hydrogen-bond donors (Lipinski definition) is 2. The third-order valence-corrected chi connectivity index (χ3v) is 3.55. The van der Waals surface area contributed by atoms with Crippen LogP contribution in [0.15, 0.2) is 48.5 Å². The van der Waals surface area contributed by atoms with Crippen molar-refractivity contribution in [1.82, 2.24) is 10.4 Å². The highest BCUT2D eigenvalue weighted by molar-refractivity contribution is 5.94. The van der Waals surface area contributed by atoms with Crippen LogP contribution in [0.5, 0.6) is 0 Å². The molecule has 0 unspecified atom stereocenters. The Kier molecular flexibility index (Phi) is 6.17. The normalized spacial score (nSPS) is 10.7. The summed E-state index contributed by atoms with van der Waals surface area (Å²) >= 11 is 0. The van der Waals surface area contributed by atoms with Crippen molar-refractivity contribution in [2.24, 2.45) is 0 Å². The number of nitrogens with zero attached hydrogens (tertiary/aromatic N) is 1. The number of hydrogen-bond acceptors (Lipinski definition) is 4. The predicted molar refractivity (Wildman–Crippen MR) is 86.9 cm³/mol. The number of halogens is 1. The Hall–Kier alpha value is -2.57. The summed E-state index contributed by atoms with van der Waals surface area (Å²) in [6.45, 7) is 2.27. The van der Waals surface area contributed by atoms with Gasteiger partial charge < -0.3 is 0 Å². The first-order valence-electron chi connectivity index (χ1n) is 7.47. The van der Waals surface area contributed by atoms with Gasteiger partial charge in [-0.2, -0.15) is 0 Å². The van der Waals surface area contributed by atoms with Gasteiger partial charge in [-0.1, -0.05) is 30.3 Å². The zero-order chi connectivity index (χ0) is 17.5. The summed E-state index contributed by atoms with van der Waals surface area (Å²) in [6, 6.07) is 13.2. The van der Waals surface area contributed by atoms with E-state index in [9.17, 15) is 14.0 Å². The second kappa shape index (κ2) is 8.33. The van der Waals surface area contributed by atoms with Gasteiger partial charge in [0.2, 0.25) is 0 Å². The number of rotatable bonds is 7. The average molecular weight is 330 g/mol. The quantitative estimate of drug-likeness (QED) is 0.465. The standard InChI is InChI=1S/C18H19FN2O3/c1-13(22)16-4-2-3-15(9-16)11-21(12-18(23)20-24)10-14-5-7-17(19)8-6-14/h2-9,24H,10-12H2,1H3,(H,20,23). The molecule has 2 N–H and O–H groups in total. The van der Waals surface area contributed by atoms with Crippen LogP contribution < -0.4 is 5.48 Å². The highest BCUT2D eigenvalue weighted by Crippen LogP contribution is 2.13. The highest BCUT2D eigenvalue weighted by atomic mass is 19.1. The Balaban J connectivity index is 2.16. The lowest BCUT2D eigenvalue weighted by Crippen LogP contribution is -2.35. The summed E-state index contributed by atoms with van der Waals surface area (Å²) in [5.41, 5.74) is 3.92. The Bertz CT molecular complexity index is 716. The van der Waals surface area contributed by atoms with Gasteiger partial charge in [0, 0.05) is 18.7 Å². The van der Waals surface area contributed by atoms with E-state index in [1.54, 1.807) is 40.7 Å². The smallest absolute Gasteiger partial charge is 0.257 e. The second-order valence-electron chi connectivity index (χ2n) is 5.56. The van der Waals surface area contributed by atoms with Crippen LogP contribution in [0.25, 0.3) is 0 Å². The number of ketones is 1. The zero-order valence-corrected chi connectivity index (χ0v) is 13.3. The van der Waals surface area contributed by atoms with Gasteiger partial charge in [-0.3, -0.25) is 19.7 Å². The van der Waals surface area contributed by atoms with Crippen LogP contribution in [-0.4, -0.2) is 28.3 Å². The molecule has 2 rings (SSSR count). The van der Waals surface area contributed by atoms with Crippen molar-refractivity contribution in [3.05, 3.63) is 71.0 Å². The topological polar surface area (TPSA) is 69.6 Å². The van der Waals surface area contributed by atoms with Gasteiger partial charge in [0.1, 0.15) is 5.82 Å². The minimum atomic E-state index is -0.542. The van der Waals surface area contributed by atoms with Crippen LogP contribution in [0.1, 0.15) is 28.4 Å². The lowest BCUT2D eigenvalue weighted by atomic mass is 10.1. The average Bonchev–Trinajstić information content (AvgIpc) is 2.57. The fraction of sp³-hybridized carbons (Fsp3) is 0.222. The number of Topliss-reactive ketones (excluding diaryl/α,β-unsaturated/α-hetero) is 1. The van der Waals surface area contributed by atoms with Crippen molar-refractivity contribution in [1.29, 1.82) is 0 Å². The summed E-state index contributed by atoms with van der Waals surface area (Å²) in [6.07, 6.45) is 0. The third-order valence-electron chi connectivity index (χ3n) is 3.55. The van der Waals surface area contributed by atoms with E-state index >= 15 is 0 Å². The molecule has 126 valence electrons. The molecule has 24 heavy (non-hydrogen) atoms. The van der Waals surface area contributed by atoms with Crippen LogP contribution >= 0.6 is 0 Å². The molecule has 5 nitrogen and oxygen atoms in total. The molecular formula is C18H19FN2O3.